The fourth-order valence-corrected chi connectivity index (χ4v) is 2.18. The third-order valence-corrected chi connectivity index (χ3v) is 3.05. The van der Waals surface area contributed by atoms with E-state index in [2.05, 4.69) is 34.6 Å². The highest BCUT2D eigenvalue weighted by atomic mass is 14.6. The largest absolute Gasteiger partial charge is 0.328 e. The lowest BCUT2D eigenvalue weighted by atomic mass is 9.89. The molecule has 0 bridgehead atoms. The van der Waals surface area contributed by atoms with Gasteiger partial charge >= 0.3 is 0 Å². The Morgan fingerprint density at radius 3 is 2.13 bits per heavy atom. The summed E-state index contributed by atoms with van der Waals surface area (Å²) in [6, 6.07) is 0.360. The van der Waals surface area contributed by atoms with Gasteiger partial charge in [-0.3, -0.25) is 0 Å². The molecule has 15 heavy (non-hydrogen) atoms. The molecular formula is C14H29N. The molecule has 0 radical (unpaired) electrons. The van der Waals surface area contributed by atoms with Gasteiger partial charge in [-0.05, 0) is 46.0 Å². The van der Waals surface area contributed by atoms with Gasteiger partial charge in [0.25, 0.3) is 0 Å². The Kier molecular flexibility index (Phi) is 7.76. The molecule has 0 fully saturated rings. The Labute approximate surface area is 96.1 Å². The van der Waals surface area contributed by atoms with Gasteiger partial charge in [-0.1, -0.05) is 37.8 Å². The molecule has 0 aliphatic heterocycles. The Morgan fingerprint density at radius 2 is 1.73 bits per heavy atom. The van der Waals surface area contributed by atoms with E-state index in [1.165, 1.54) is 31.3 Å². The second kappa shape index (κ2) is 7.92. The van der Waals surface area contributed by atoms with Crippen LogP contribution < -0.4 is 5.73 Å². The predicted molar refractivity (Wildman–Crippen MR) is 69.9 cm³/mol. The lowest BCUT2D eigenvalue weighted by Gasteiger charge is -2.18. The molecule has 1 nitrogen and oxygen atoms in total. The van der Waals surface area contributed by atoms with E-state index in [9.17, 15) is 0 Å². The number of rotatable bonds is 7. The first kappa shape index (κ1) is 14.7. The van der Waals surface area contributed by atoms with Crippen molar-refractivity contribution in [3.8, 4) is 0 Å². The molecule has 0 aromatic rings. The summed E-state index contributed by atoms with van der Waals surface area (Å²) in [5.41, 5.74) is 8.95. The molecule has 0 heterocycles. The maximum atomic E-state index is 5.76. The van der Waals surface area contributed by atoms with Crippen LogP contribution in [0.15, 0.2) is 11.1 Å². The number of hydrogen-bond acceptors (Lipinski definition) is 1. The smallest absolute Gasteiger partial charge is 0.00104 e. The number of allylic oxidation sites excluding steroid dienone is 2. The van der Waals surface area contributed by atoms with E-state index >= 15 is 0 Å². The van der Waals surface area contributed by atoms with Gasteiger partial charge < -0.3 is 5.73 Å². The van der Waals surface area contributed by atoms with Crippen LogP contribution in [0, 0.1) is 5.92 Å². The first-order valence-corrected chi connectivity index (χ1v) is 6.40. The molecule has 0 aliphatic rings. The standard InChI is InChI=1S/C14H29N/c1-6-8-14(11(2)3)12(4)9-7-10-13(5)15/h12-13H,6-10,15H2,1-5H3. The normalized spacial score (nSPS) is 14.8. The molecule has 0 aliphatic carbocycles. The fraction of sp³-hybridized carbons (Fsp3) is 0.857. The van der Waals surface area contributed by atoms with Gasteiger partial charge in [0.05, 0.1) is 0 Å². The quantitative estimate of drug-likeness (QED) is 0.625. The van der Waals surface area contributed by atoms with Gasteiger partial charge in [0.1, 0.15) is 0 Å². The molecule has 2 N–H and O–H groups in total. The maximum absolute atomic E-state index is 5.76. The zero-order chi connectivity index (χ0) is 11.8. The third kappa shape index (κ3) is 6.72. The van der Waals surface area contributed by atoms with Crippen molar-refractivity contribution in [2.45, 2.75) is 72.8 Å². The topological polar surface area (TPSA) is 26.0 Å². The van der Waals surface area contributed by atoms with Crippen LogP contribution in [0.2, 0.25) is 0 Å². The van der Waals surface area contributed by atoms with Gasteiger partial charge in [0.2, 0.25) is 0 Å². The lowest BCUT2D eigenvalue weighted by molar-refractivity contribution is 0.511. The highest BCUT2D eigenvalue weighted by molar-refractivity contribution is 5.12. The van der Waals surface area contributed by atoms with Crippen molar-refractivity contribution in [1.82, 2.24) is 0 Å². The zero-order valence-corrected chi connectivity index (χ0v) is 11.3. The molecule has 0 aromatic carbocycles. The monoisotopic (exact) mass is 211 g/mol. The summed E-state index contributed by atoms with van der Waals surface area (Å²) in [4.78, 5) is 0. The van der Waals surface area contributed by atoms with E-state index in [4.69, 9.17) is 5.73 Å². The van der Waals surface area contributed by atoms with Crippen LogP contribution >= 0.6 is 0 Å². The van der Waals surface area contributed by atoms with E-state index in [1.807, 2.05) is 0 Å². The first-order chi connectivity index (χ1) is 6.99. The number of nitrogens with two attached hydrogens (primary N) is 1. The summed E-state index contributed by atoms with van der Waals surface area (Å²) in [5, 5.41) is 0. The van der Waals surface area contributed by atoms with Crippen molar-refractivity contribution >= 4 is 0 Å². The fourth-order valence-electron chi connectivity index (χ4n) is 2.18. The average molecular weight is 211 g/mol. The molecular weight excluding hydrogens is 182 g/mol. The van der Waals surface area contributed by atoms with E-state index < -0.39 is 0 Å². The molecule has 0 rings (SSSR count). The summed E-state index contributed by atoms with van der Waals surface area (Å²) in [6.07, 6.45) is 6.24. The van der Waals surface area contributed by atoms with Crippen LogP contribution in [-0.2, 0) is 0 Å². The van der Waals surface area contributed by atoms with Crippen LogP contribution in [0.4, 0.5) is 0 Å². The summed E-state index contributed by atoms with van der Waals surface area (Å²) >= 11 is 0. The van der Waals surface area contributed by atoms with Crippen LogP contribution in [0.5, 0.6) is 0 Å². The molecule has 90 valence electrons. The van der Waals surface area contributed by atoms with Crippen molar-refractivity contribution in [2.75, 3.05) is 0 Å². The van der Waals surface area contributed by atoms with Gasteiger partial charge in [0.15, 0.2) is 0 Å². The van der Waals surface area contributed by atoms with E-state index in [0.717, 1.165) is 12.3 Å². The highest BCUT2D eigenvalue weighted by Gasteiger charge is 2.09. The molecule has 0 saturated heterocycles. The van der Waals surface area contributed by atoms with Crippen molar-refractivity contribution < 1.29 is 0 Å². The van der Waals surface area contributed by atoms with E-state index in [0.29, 0.717) is 6.04 Å². The second-order valence-corrected chi connectivity index (χ2v) is 5.08. The highest BCUT2D eigenvalue weighted by Crippen LogP contribution is 2.25. The minimum atomic E-state index is 0.360. The van der Waals surface area contributed by atoms with Crippen LogP contribution in [-0.4, -0.2) is 6.04 Å². The minimum Gasteiger partial charge on any atom is -0.328 e. The minimum absolute atomic E-state index is 0.360. The van der Waals surface area contributed by atoms with Crippen LogP contribution in [0.25, 0.3) is 0 Å². The predicted octanol–water partition coefficient (Wildman–Crippen LogP) is 4.28. The average Bonchev–Trinajstić information content (AvgIpc) is 2.12. The molecule has 1 heteroatoms. The van der Waals surface area contributed by atoms with Gasteiger partial charge in [-0.25, -0.2) is 0 Å². The van der Waals surface area contributed by atoms with Gasteiger partial charge in [-0.15, -0.1) is 0 Å². The first-order valence-electron chi connectivity index (χ1n) is 6.40. The maximum Gasteiger partial charge on any atom is 0.00104 e. The molecule has 2 unspecified atom stereocenters. The van der Waals surface area contributed by atoms with Crippen LogP contribution in [0.3, 0.4) is 0 Å². The van der Waals surface area contributed by atoms with Crippen molar-refractivity contribution in [1.29, 1.82) is 0 Å². The Balaban J connectivity index is 4.05. The Morgan fingerprint density at radius 1 is 1.13 bits per heavy atom. The molecule has 0 spiro atoms. The summed E-state index contributed by atoms with van der Waals surface area (Å²) < 4.78 is 0. The molecule has 0 aromatic heterocycles. The van der Waals surface area contributed by atoms with Crippen LogP contribution in [0.1, 0.15) is 66.7 Å². The third-order valence-electron chi connectivity index (χ3n) is 3.05. The number of hydrogen-bond donors (Lipinski definition) is 1. The van der Waals surface area contributed by atoms with Crippen molar-refractivity contribution in [3.05, 3.63) is 11.1 Å². The van der Waals surface area contributed by atoms with Crippen molar-refractivity contribution in [3.63, 3.8) is 0 Å². The molecule has 0 saturated carbocycles. The molecule has 2 atom stereocenters. The van der Waals surface area contributed by atoms with Crippen molar-refractivity contribution in [2.24, 2.45) is 11.7 Å². The SMILES string of the molecule is CCCC(=C(C)C)C(C)CCCC(C)N. The summed E-state index contributed by atoms with van der Waals surface area (Å²) in [6.45, 7) is 11.2. The van der Waals surface area contributed by atoms with Gasteiger partial charge in [-0.2, -0.15) is 0 Å². The van der Waals surface area contributed by atoms with E-state index in [-0.39, 0.29) is 0 Å². The Hall–Kier alpha value is -0.300. The zero-order valence-electron chi connectivity index (χ0n) is 11.3. The van der Waals surface area contributed by atoms with E-state index in [1.54, 1.807) is 5.57 Å². The lowest BCUT2D eigenvalue weighted by Crippen LogP contribution is -2.14. The summed E-state index contributed by atoms with van der Waals surface area (Å²) in [7, 11) is 0. The second-order valence-electron chi connectivity index (χ2n) is 5.08. The molecule has 0 amide bonds. The Bertz CT molecular complexity index is 188. The summed E-state index contributed by atoms with van der Waals surface area (Å²) in [5.74, 6) is 0.744. The van der Waals surface area contributed by atoms with Gasteiger partial charge in [0, 0.05) is 6.04 Å².